The summed E-state index contributed by atoms with van der Waals surface area (Å²) in [5.41, 5.74) is 4.74. The Morgan fingerprint density at radius 3 is 2.85 bits per heavy atom. The summed E-state index contributed by atoms with van der Waals surface area (Å²) in [6.07, 6.45) is 2.42. The first-order valence-electron chi connectivity index (χ1n) is 8.58. The molecule has 4 aromatic rings. The number of rotatable bonds is 6. The highest BCUT2D eigenvalue weighted by molar-refractivity contribution is 7.14. The molecule has 0 radical (unpaired) electrons. The molecule has 4 rings (SSSR count). The molecule has 6 heteroatoms. The van der Waals surface area contributed by atoms with E-state index < -0.39 is 0 Å². The van der Waals surface area contributed by atoms with Gasteiger partial charge in [0.1, 0.15) is 5.65 Å². The molecule has 0 aliphatic rings. The van der Waals surface area contributed by atoms with Gasteiger partial charge in [-0.25, -0.2) is 0 Å². The van der Waals surface area contributed by atoms with Crippen LogP contribution in [0.1, 0.15) is 12.6 Å². The predicted octanol–water partition coefficient (Wildman–Crippen LogP) is 4.00. The molecular formula is C20H19N3O2S. The molecule has 0 aliphatic carbocycles. The molecule has 0 bridgehead atoms. The minimum Gasteiger partial charge on any atom is -0.381 e. The number of H-pyrrole nitrogens is 1. The molecule has 0 saturated heterocycles. The van der Waals surface area contributed by atoms with Gasteiger partial charge in [-0.15, -0.1) is 11.3 Å². The van der Waals surface area contributed by atoms with Crippen molar-refractivity contribution in [3.05, 3.63) is 70.1 Å². The highest BCUT2D eigenvalue weighted by Gasteiger charge is 2.13. The first kappa shape index (κ1) is 16.8. The second-order valence-electron chi connectivity index (χ2n) is 5.96. The van der Waals surface area contributed by atoms with E-state index in [0.29, 0.717) is 19.6 Å². The van der Waals surface area contributed by atoms with Crippen molar-refractivity contribution < 1.29 is 4.74 Å². The third-order valence-corrected chi connectivity index (χ3v) is 5.21. The van der Waals surface area contributed by atoms with Crippen LogP contribution in [-0.4, -0.2) is 27.8 Å². The van der Waals surface area contributed by atoms with Gasteiger partial charge in [-0.1, -0.05) is 30.3 Å². The van der Waals surface area contributed by atoms with Crippen LogP contribution in [0.25, 0.3) is 27.2 Å². The number of hydrogen-bond acceptors (Lipinski definition) is 4. The fourth-order valence-corrected chi connectivity index (χ4v) is 3.86. The standard InChI is InChI=1S/C20H19N3O2S/c1-2-25-9-8-16-11-19(24)23-20(22-16)17(12-21-23)18-10-15(13-26-18)14-6-4-3-5-7-14/h3-7,10-13,22H,2,8-9H2,1H3. The average molecular weight is 365 g/mol. The van der Waals surface area contributed by atoms with Crippen LogP contribution < -0.4 is 5.56 Å². The SMILES string of the molecule is CCOCCc1cc(=O)n2ncc(-c3cc(-c4ccccc4)cs3)c2[nH]1. The highest BCUT2D eigenvalue weighted by atomic mass is 32.1. The zero-order valence-corrected chi connectivity index (χ0v) is 15.3. The van der Waals surface area contributed by atoms with Crippen LogP contribution in [0.5, 0.6) is 0 Å². The van der Waals surface area contributed by atoms with Gasteiger partial charge in [0.25, 0.3) is 5.56 Å². The molecule has 3 heterocycles. The average Bonchev–Trinajstić information content (AvgIpc) is 3.30. The zero-order chi connectivity index (χ0) is 17.9. The number of nitrogens with zero attached hydrogens (tertiary/aromatic N) is 2. The number of benzene rings is 1. The number of aromatic amines is 1. The fraction of sp³-hybridized carbons (Fsp3) is 0.200. The molecule has 0 spiro atoms. The summed E-state index contributed by atoms with van der Waals surface area (Å²) in [7, 11) is 0. The van der Waals surface area contributed by atoms with Crippen molar-refractivity contribution >= 4 is 17.0 Å². The zero-order valence-electron chi connectivity index (χ0n) is 14.4. The third-order valence-electron chi connectivity index (χ3n) is 4.25. The smallest absolute Gasteiger partial charge is 0.274 e. The van der Waals surface area contributed by atoms with Crippen LogP contribution in [-0.2, 0) is 11.2 Å². The lowest BCUT2D eigenvalue weighted by atomic mass is 10.1. The van der Waals surface area contributed by atoms with Gasteiger partial charge >= 0.3 is 0 Å². The fourth-order valence-electron chi connectivity index (χ4n) is 2.94. The quantitative estimate of drug-likeness (QED) is 0.526. The van der Waals surface area contributed by atoms with Crippen molar-refractivity contribution in [2.24, 2.45) is 0 Å². The molecule has 132 valence electrons. The number of fused-ring (bicyclic) bond motifs is 1. The number of ether oxygens (including phenoxy) is 1. The van der Waals surface area contributed by atoms with Crippen molar-refractivity contribution in [1.29, 1.82) is 0 Å². The Hall–Kier alpha value is -2.70. The van der Waals surface area contributed by atoms with Crippen molar-refractivity contribution in [2.75, 3.05) is 13.2 Å². The molecule has 5 nitrogen and oxygen atoms in total. The van der Waals surface area contributed by atoms with Crippen LogP contribution in [0.15, 0.2) is 58.8 Å². The number of hydrogen-bond donors (Lipinski definition) is 1. The first-order valence-corrected chi connectivity index (χ1v) is 9.46. The second kappa shape index (κ2) is 7.27. The second-order valence-corrected chi connectivity index (χ2v) is 6.88. The molecule has 0 saturated carbocycles. The maximum absolute atomic E-state index is 12.3. The van der Waals surface area contributed by atoms with Crippen LogP contribution in [0.3, 0.4) is 0 Å². The van der Waals surface area contributed by atoms with E-state index in [1.165, 1.54) is 15.6 Å². The molecule has 0 amide bonds. The molecule has 0 atom stereocenters. The Kier molecular flexibility index (Phi) is 4.69. The Balaban J connectivity index is 1.73. The topological polar surface area (TPSA) is 59.4 Å². The van der Waals surface area contributed by atoms with E-state index in [2.05, 4.69) is 33.7 Å². The van der Waals surface area contributed by atoms with Crippen molar-refractivity contribution in [3.63, 3.8) is 0 Å². The first-order chi connectivity index (χ1) is 12.8. The summed E-state index contributed by atoms with van der Waals surface area (Å²) in [5, 5.41) is 6.39. The summed E-state index contributed by atoms with van der Waals surface area (Å²) >= 11 is 1.65. The Bertz CT molecular complexity index is 1080. The Morgan fingerprint density at radius 1 is 1.19 bits per heavy atom. The Morgan fingerprint density at radius 2 is 2.04 bits per heavy atom. The molecule has 26 heavy (non-hydrogen) atoms. The van der Waals surface area contributed by atoms with Gasteiger partial charge in [0, 0.05) is 29.7 Å². The summed E-state index contributed by atoms with van der Waals surface area (Å²) in [6, 6.07) is 14.0. The van der Waals surface area contributed by atoms with Crippen molar-refractivity contribution in [3.8, 4) is 21.6 Å². The van der Waals surface area contributed by atoms with Crippen LogP contribution in [0, 0.1) is 0 Å². The largest absolute Gasteiger partial charge is 0.381 e. The lowest BCUT2D eigenvalue weighted by molar-refractivity contribution is 0.150. The van der Waals surface area contributed by atoms with Crippen LogP contribution >= 0.6 is 11.3 Å². The number of aromatic nitrogens is 3. The van der Waals surface area contributed by atoms with E-state index in [1.54, 1.807) is 23.6 Å². The maximum Gasteiger partial charge on any atom is 0.274 e. The number of thiophene rings is 1. The lowest BCUT2D eigenvalue weighted by Crippen LogP contribution is -2.16. The summed E-state index contributed by atoms with van der Waals surface area (Å²) in [4.78, 5) is 16.8. The van der Waals surface area contributed by atoms with E-state index in [4.69, 9.17) is 4.74 Å². The summed E-state index contributed by atoms with van der Waals surface area (Å²) in [6.45, 7) is 3.22. The van der Waals surface area contributed by atoms with E-state index in [9.17, 15) is 4.79 Å². The maximum atomic E-state index is 12.3. The molecule has 0 aliphatic heterocycles. The molecular weight excluding hydrogens is 346 g/mol. The van der Waals surface area contributed by atoms with Crippen LogP contribution in [0.4, 0.5) is 0 Å². The van der Waals surface area contributed by atoms with Gasteiger partial charge in [0.05, 0.1) is 18.4 Å². The highest BCUT2D eigenvalue weighted by Crippen LogP contribution is 2.33. The van der Waals surface area contributed by atoms with Gasteiger partial charge < -0.3 is 9.72 Å². The van der Waals surface area contributed by atoms with Crippen molar-refractivity contribution in [1.82, 2.24) is 14.6 Å². The van der Waals surface area contributed by atoms with Crippen molar-refractivity contribution in [2.45, 2.75) is 13.3 Å². The van der Waals surface area contributed by atoms with Gasteiger partial charge in [0.2, 0.25) is 0 Å². The predicted molar refractivity (Wildman–Crippen MR) is 105 cm³/mol. The summed E-state index contributed by atoms with van der Waals surface area (Å²) < 4.78 is 6.81. The monoisotopic (exact) mass is 365 g/mol. The van der Waals surface area contributed by atoms with E-state index in [-0.39, 0.29) is 5.56 Å². The number of nitrogens with one attached hydrogen (secondary N) is 1. The third kappa shape index (κ3) is 3.21. The Labute approximate surface area is 154 Å². The summed E-state index contributed by atoms with van der Waals surface area (Å²) in [5.74, 6) is 0. The lowest BCUT2D eigenvalue weighted by Gasteiger charge is -2.04. The molecule has 1 aromatic carbocycles. The molecule has 1 N–H and O–H groups in total. The van der Waals surface area contributed by atoms with Gasteiger partial charge in [-0.3, -0.25) is 4.79 Å². The minimum absolute atomic E-state index is 0.128. The van der Waals surface area contributed by atoms with Gasteiger partial charge in [0.15, 0.2) is 0 Å². The van der Waals surface area contributed by atoms with Crippen LogP contribution in [0.2, 0.25) is 0 Å². The molecule has 0 fully saturated rings. The van der Waals surface area contributed by atoms with Gasteiger partial charge in [-0.2, -0.15) is 9.61 Å². The molecule has 0 unspecified atom stereocenters. The molecule has 3 aromatic heterocycles. The minimum atomic E-state index is -0.128. The van der Waals surface area contributed by atoms with E-state index >= 15 is 0 Å². The van der Waals surface area contributed by atoms with E-state index in [1.807, 2.05) is 25.1 Å². The van der Waals surface area contributed by atoms with E-state index in [0.717, 1.165) is 21.8 Å². The normalized spacial score (nSPS) is 11.3. The van der Waals surface area contributed by atoms with Gasteiger partial charge in [-0.05, 0) is 29.5 Å².